The van der Waals surface area contributed by atoms with Crippen LogP contribution in [0.2, 0.25) is 0 Å². The molecule has 21 heavy (non-hydrogen) atoms. The summed E-state index contributed by atoms with van der Waals surface area (Å²) >= 11 is 6.19. The Morgan fingerprint density at radius 3 is 2.57 bits per heavy atom. The minimum Gasteiger partial charge on any atom is -0.506 e. The number of nitrogens with one attached hydrogen (secondary N) is 1. The fourth-order valence-electron chi connectivity index (χ4n) is 1.44. The van der Waals surface area contributed by atoms with Gasteiger partial charge in [-0.2, -0.15) is 5.10 Å². The summed E-state index contributed by atoms with van der Waals surface area (Å²) in [5.41, 5.74) is 3.06. The first-order chi connectivity index (χ1) is 10.0. The first-order valence-corrected chi connectivity index (χ1v) is 7.22. The fraction of sp³-hybridized carbons (Fsp3) is 0. The lowest BCUT2D eigenvalue weighted by molar-refractivity contribution is 0.0955. The lowest BCUT2D eigenvalue weighted by Crippen LogP contribution is -2.17. The summed E-state index contributed by atoms with van der Waals surface area (Å²) in [5, 5.41) is 23.2. The second-order valence-corrected chi connectivity index (χ2v) is 5.54. The van der Waals surface area contributed by atoms with Gasteiger partial charge in [0.2, 0.25) is 0 Å². The minimum atomic E-state index is -0.398. The summed E-state index contributed by atoms with van der Waals surface area (Å²) in [6.07, 6.45) is 4.26. The largest absolute Gasteiger partial charge is 0.506 e. The zero-order chi connectivity index (χ0) is 15.4. The van der Waals surface area contributed by atoms with E-state index in [1.165, 1.54) is 24.7 Å². The lowest BCUT2D eigenvalue weighted by Gasteiger charge is -2.06. The highest BCUT2D eigenvalue weighted by atomic mass is 79.9. The maximum absolute atomic E-state index is 11.7. The summed E-state index contributed by atoms with van der Waals surface area (Å²) in [6, 6.07) is 4.57. The Hall–Kier alpha value is -1.93. The Balaban J connectivity index is 2.14. The number of aromatic nitrogens is 1. The van der Waals surface area contributed by atoms with Crippen LogP contribution in [0.1, 0.15) is 15.9 Å². The van der Waals surface area contributed by atoms with Crippen molar-refractivity contribution in [1.29, 1.82) is 0 Å². The number of aromatic hydroxyl groups is 2. The third-order valence-electron chi connectivity index (χ3n) is 2.51. The molecule has 1 heterocycles. The molecule has 6 nitrogen and oxygen atoms in total. The maximum Gasteiger partial charge on any atom is 0.271 e. The van der Waals surface area contributed by atoms with E-state index in [0.717, 1.165) is 0 Å². The molecule has 1 aromatic heterocycles. The van der Waals surface area contributed by atoms with E-state index in [0.29, 0.717) is 15.6 Å². The average molecular weight is 415 g/mol. The van der Waals surface area contributed by atoms with E-state index in [2.05, 4.69) is 47.4 Å². The molecule has 2 rings (SSSR count). The molecular formula is C13H9Br2N3O3. The van der Waals surface area contributed by atoms with Crippen molar-refractivity contribution in [2.75, 3.05) is 0 Å². The number of hydrogen-bond acceptors (Lipinski definition) is 5. The molecule has 3 N–H and O–H groups in total. The molecule has 1 amide bonds. The average Bonchev–Trinajstić information content (AvgIpc) is 2.51. The van der Waals surface area contributed by atoms with E-state index < -0.39 is 5.91 Å². The van der Waals surface area contributed by atoms with Gasteiger partial charge in [-0.1, -0.05) is 0 Å². The lowest BCUT2D eigenvalue weighted by atomic mass is 10.2. The smallest absolute Gasteiger partial charge is 0.271 e. The molecule has 0 saturated heterocycles. The van der Waals surface area contributed by atoms with Gasteiger partial charge in [0, 0.05) is 23.5 Å². The number of rotatable bonds is 3. The fourth-order valence-corrected chi connectivity index (χ4v) is 2.60. The predicted octanol–water partition coefficient (Wildman–Crippen LogP) is 2.78. The molecule has 0 spiro atoms. The molecule has 0 saturated carbocycles. The molecule has 0 unspecified atom stereocenters. The Kier molecular flexibility index (Phi) is 4.92. The zero-order valence-corrected chi connectivity index (χ0v) is 13.6. The van der Waals surface area contributed by atoms with E-state index in [1.807, 2.05) is 0 Å². The van der Waals surface area contributed by atoms with Crippen LogP contribution in [0.5, 0.6) is 11.5 Å². The Labute approximate surface area is 136 Å². The van der Waals surface area contributed by atoms with Crippen LogP contribution in [0.25, 0.3) is 0 Å². The van der Waals surface area contributed by atoms with E-state index >= 15 is 0 Å². The van der Waals surface area contributed by atoms with Crippen molar-refractivity contribution in [2.24, 2.45) is 5.10 Å². The number of halogens is 2. The molecular weight excluding hydrogens is 406 g/mol. The molecule has 0 aliphatic carbocycles. The van der Waals surface area contributed by atoms with Crippen LogP contribution < -0.4 is 5.43 Å². The van der Waals surface area contributed by atoms with Gasteiger partial charge in [0.1, 0.15) is 16.0 Å². The molecule has 0 aliphatic rings. The highest BCUT2D eigenvalue weighted by molar-refractivity contribution is 9.11. The summed E-state index contributed by atoms with van der Waals surface area (Å²) in [5.74, 6) is -0.701. The van der Waals surface area contributed by atoms with Gasteiger partial charge in [-0.05, 0) is 50.1 Å². The molecule has 2 aromatic rings. The van der Waals surface area contributed by atoms with Gasteiger partial charge in [0.25, 0.3) is 5.91 Å². The second kappa shape index (κ2) is 6.68. The van der Waals surface area contributed by atoms with Crippen molar-refractivity contribution in [1.82, 2.24) is 10.4 Å². The highest BCUT2D eigenvalue weighted by Gasteiger charge is 2.12. The normalized spacial score (nSPS) is 10.8. The maximum atomic E-state index is 11.7. The van der Waals surface area contributed by atoms with Crippen molar-refractivity contribution in [2.45, 2.75) is 0 Å². The standard InChI is InChI=1S/C13H9Br2N3O3/c14-9-5-8(11(19)10(15)12(9)20)6-17-18-13(21)7-1-3-16-4-2-7/h1-6,19-20H,(H,18,21)/b17-6-. The van der Waals surface area contributed by atoms with Gasteiger partial charge in [0.05, 0.1) is 10.7 Å². The van der Waals surface area contributed by atoms with Crippen LogP contribution in [0, 0.1) is 0 Å². The number of carbonyl (C=O) groups is 1. The molecule has 0 atom stereocenters. The van der Waals surface area contributed by atoms with E-state index in [1.54, 1.807) is 12.1 Å². The van der Waals surface area contributed by atoms with Crippen LogP contribution in [0.4, 0.5) is 0 Å². The predicted molar refractivity (Wildman–Crippen MR) is 84.5 cm³/mol. The number of nitrogens with zero attached hydrogens (tertiary/aromatic N) is 2. The van der Waals surface area contributed by atoms with Crippen molar-refractivity contribution >= 4 is 44.0 Å². The van der Waals surface area contributed by atoms with Crippen molar-refractivity contribution in [3.63, 3.8) is 0 Å². The van der Waals surface area contributed by atoms with Gasteiger partial charge in [-0.3, -0.25) is 9.78 Å². The van der Waals surface area contributed by atoms with E-state index in [9.17, 15) is 15.0 Å². The summed E-state index contributed by atoms with van der Waals surface area (Å²) < 4.78 is 0.521. The molecule has 1 aromatic carbocycles. The summed E-state index contributed by atoms with van der Waals surface area (Å²) in [4.78, 5) is 15.5. The quantitative estimate of drug-likeness (QED) is 0.531. The number of phenolic OH excluding ortho intramolecular Hbond substituents is 2. The Morgan fingerprint density at radius 1 is 1.24 bits per heavy atom. The van der Waals surface area contributed by atoms with Crippen molar-refractivity contribution in [3.05, 3.63) is 50.7 Å². The van der Waals surface area contributed by atoms with Gasteiger partial charge >= 0.3 is 0 Å². The summed E-state index contributed by atoms with van der Waals surface area (Å²) in [6.45, 7) is 0. The van der Waals surface area contributed by atoms with Crippen molar-refractivity contribution < 1.29 is 15.0 Å². The Bertz CT molecular complexity index is 706. The number of phenols is 2. The van der Waals surface area contributed by atoms with Crippen LogP contribution in [0.15, 0.2) is 44.6 Å². The Morgan fingerprint density at radius 2 is 1.90 bits per heavy atom. The monoisotopic (exact) mass is 413 g/mol. The summed E-state index contributed by atoms with van der Waals surface area (Å²) in [7, 11) is 0. The minimum absolute atomic E-state index is 0.120. The molecule has 0 radical (unpaired) electrons. The number of pyridine rings is 1. The molecule has 108 valence electrons. The van der Waals surface area contributed by atoms with Crippen molar-refractivity contribution in [3.8, 4) is 11.5 Å². The molecule has 8 heteroatoms. The van der Waals surface area contributed by atoms with Crippen LogP contribution in [0.3, 0.4) is 0 Å². The SMILES string of the molecule is O=C(N/N=C\c1cc(Br)c(O)c(Br)c1O)c1ccncc1. The number of hydrazone groups is 1. The first-order valence-electron chi connectivity index (χ1n) is 5.64. The third kappa shape index (κ3) is 3.59. The van der Waals surface area contributed by atoms with E-state index in [4.69, 9.17) is 0 Å². The number of carbonyl (C=O) groups excluding carboxylic acids is 1. The number of amides is 1. The molecule has 0 fully saturated rings. The zero-order valence-electron chi connectivity index (χ0n) is 10.4. The van der Waals surface area contributed by atoms with Crippen LogP contribution >= 0.6 is 31.9 Å². The van der Waals surface area contributed by atoms with Gasteiger partial charge in [-0.25, -0.2) is 5.43 Å². The molecule has 0 aliphatic heterocycles. The second-order valence-electron chi connectivity index (χ2n) is 3.89. The van der Waals surface area contributed by atoms with Gasteiger partial charge < -0.3 is 10.2 Å². The van der Waals surface area contributed by atoms with Crippen LogP contribution in [-0.2, 0) is 0 Å². The topological polar surface area (TPSA) is 94.8 Å². The number of benzene rings is 1. The molecule has 0 bridgehead atoms. The number of hydrogen-bond donors (Lipinski definition) is 3. The highest BCUT2D eigenvalue weighted by Crippen LogP contribution is 2.40. The third-order valence-corrected chi connectivity index (χ3v) is 3.87. The van der Waals surface area contributed by atoms with Crippen LogP contribution in [-0.4, -0.2) is 27.3 Å². The van der Waals surface area contributed by atoms with Gasteiger partial charge in [-0.15, -0.1) is 0 Å². The van der Waals surface area contributed by atoms with Gasteiger partial charge in [0.15, 0.2) is 0 Å². The van der Waals surface area contributed by atoms with E-state index in [-0.39, 0.29) is 16.0 Å². The first kappa shape index (κ1) is 15.5.